The van der Waals surface area contributed by atoms with E-state index >= 15 is 0 Å². The van der Waals surface area contributed by atoms with Gasteiger partial charge in [0, 0.05) is 53.6 Å². The number of alkyl halides is 2. The van der Waals surface area contributed by atoms with Crippen molar-refractivity contribution in [3.8, 4) is 5.82 Å². The van der Waals surface area contributed by atoms with E-state index < -0.39 is 18.1 Å². The summed E-state index contributed by atoms with van der Waals surface area (Å²) in [7, 11) is 0. The van der Waals surface area contributed by atoms with Crippen LogP contribution in [0.15, 0.2) is 35.8 Å². The number of hydrogen-bond donors (Lipinski definition) is 0. The number of ether oxygens (including phenoxy) is 1. The highest BCUT2D eigenvalue weighted by atomic mass is 35.5. The lowest BCUT2D eigenvalue weighted by atomic mass is 9.84. The van der Waals surface area contributed by atoms with Crippen LogP contribution in [0.2, 0.25) is 4.34 Å². The summed E-state index contributed by atoms with van der Waals surface area (Å²) in [6.45, 7) is 3.43. The van der Waals surface area contributed by atoms with Gasteiger partial charge in [0.15, 0.2) is 5.82 Å². The van der Waals surface area contributed by atoms with Gasteiger partial charge < -0.3 is 4.74 Å². The first kappa shape index (κ1) is 22.5. The Kier molecular flexibility index (Phi) is 5.80. The fourth-order valence-electron chi connectivity index (χ4n) is 4.62. The van der Waals surface area contributed by atoms with E-state index in [-0.39, 0.29) is 12.1 Å². The van der Waals surface area contributed by atoms with E-state index in [2.05, 4.69) is 20.2 Å². The summed E-state index contributed by atoms with van der Waals surface area (Å²) in [6.07, 6.45) is 4.82. The third-order valence-corrected chi connectivity index (χ3v) is 7.87. The van der Waals surface area contributed by atoms with E-state index in [0.717, 1.165) is 11.3 Å². The van der Waals surface area contributed by atoms with Gasteiger partial charge in [-0.2, -0.15) is 18.8 Å². The van der Waals surface area contributed by atoms with Gasteiger partial charge in [0.05, 0.1) is 10.0 Å². The average molecular weight is 494 g/mol. The van der Waals surface area contributed by atoms with Gasteiger partial charge in [-0.25, -0.2) is 9.67 Å². The first-order valence-electron chi connectivity index (χ1n) is 10.6. The van der Waals surface area contributed by atoms with Gasteiger partial charge in [-0.1, -0.05) is 22.8 Å². The van der Waals surface area contributed by atoms with Crippen LogP contribution >= 0.6 is 22.9 Å². The van der Waals surface area contributed by atoms with Gasteiger partial charge in [-0.3, -0.25) is 4.90 Å². The third-order valence-electron chi connectivity index (χ3n) is 6.42. The highest BCUT2D eigenvalue weighted by Gasteiger charge is 2.51. The van der Waals surface area contributed by atoms with Crippen molar-refractivity contribution in [2.24, 2.45) is 5.18 Å². The number of aromatic nitrogens is 3. The van der Waals surface area contributed by atoms with E-state index in [1.54, 1.807) is 16.9 Å². The van der Waals surface area contributed by atoms with Crippen molar-refractivity contribution < 1.29 is 13.5 Å². The van der Waals surface area contributed by atoms with E-state index in [4.69, 9.17) is 16.3 Å². The number of rotatable bonds is 5. The largest absolute Gasteiger partial charge is 0.363 e. The van der Waals surface area contributed by atoms with Gasteiger partial charge in [0.1, 0.15) is 18.8 Å². The Morgan fingerprint density at radius 1 is 1.30 bits per heavy atom. The fraction of sp³-hybridized carbons (Fsp3) is 0.455. The second-order valence-electron chi connectivity index (χ2n) is 8.51. The summed E-state index contributed by atoms with van der Waals surface area (Å²) >= 11 is 7.30. The van der Waals surface area contributed by atoms with Crippen molar-refractivity contribution in [2.75, 3.05) is 19.7 Å². The van der Waals surface area contributed by atoms with Crippen LogP contribution in [0, 0.1) is 11.8 Å². The van der Waals surface area contributed by atoms with Crippen LogP contribution in [0.4, 0.5) is 8.78 Å². The van der Waals surface area contributed by atoms with Crippen molar-refractivity contribution in [2.45, 2.75) is 44.4 Å². The first-order chi connectivity index (χ1) is 15.8. The summed E-state index contributed by atoms with van der Waals surface area (Å²) < 4.78 is 36.6. The third kappa shape index (κ3) is 4.09. The molecule has 5 rings (SSSR count). The molecule has 3 aromatic rings. The molecular weight excluding hydrogens is 472 g/mol. The Labute approximate surface area is 198 Å². The van der Waals surface area contributed by atoms with Crippen LogP contribution in [0.5, 0.6) is 0 Å². The topological polar surface area (TPSA) is 72.6 Å². The van der Waals surface area contributed by atoms with Crippen LogP contribution in [-0.4, -0.2) is 39.4 Å². The zero-order chi connectivity index (χ0) is 23.2. The smallest absolute Gasteiger partial charge is 0.297 e. The molecule has 0 radical (unpaired) electrons. The lowest BCUT2D eigenvalue weighted by molar-refractivity contribution is -0.182. The Morgan fingerprint density at radius 2 is 2.09 bits per heavy atom. The fourth-order valence-corrected chi connectivity index (χ4v) is 6.10. The van der Waals surface area contributed by atoms with Gasteiger partial charge in [-0.15, -0.1) is 11.3 Å². The molecule has 7 nitrogen and oxygen atoms in total. The van der Waals surface area contributed by atoms with Gasteiger partial charge >= 0.3 is 0 Å². The van der Waals surface area contributed by atoms with Crippen LogP contribution in [0.1, 0.15) is 40.1 Å². The maximum Gasteiger partial charge on any atom is 0.297 e. The van der Waals surface area contributed by atoms with E-state index in [1.807, 2.05) is 19.2 Å². The number of nitroso groups, excluding NO2 is 1. The van der Waals surface area contributed by atoms with Crippen molar-refractivity contribution in [3.05, 3.63) is 67.1 Å². The Bertz CT molecular complexity index is 1190. The lowest BCUT2D eigenvalue weighted by Crippen LogP contribution is -2.48. The summed E-state index contributed by atoms with van der Waals surface area (Å²) in [5, 5.41) is 7.56. The number of halogens is 3. The molecule has 1 saturated heterocycles. The lowest BCUT2D eigenvalue weighted by Gasteiger charge is -2.45. The predicted octanol–water partition coefficient (Wildman–Crippen LogP) is 5.17. The maximum absolute atomic E-state index is 14.4. The molecule has 1 spiro atoms. The zero-order valence-electron chi connectivity index (χ0n) is 17.9. The number of piperidine rings is 1. The molecule has 174 valence electrons. The van der Waals surface area contributed by atoms with Crippen molar-refractivity contribution in [1.82, 2.24) is 19.7 Å². The summed E-state index contributed by atoms with van der Waals surface area (Å²) in [5.41, 5.74) is 1.93. The minimum absolute atomic E-state index is 0.0188. The zero-order valence-corrected chi connectivity index (χ0v) is 19.5. The number of fused-ring (bicyclic) bond motifs is 2. The SMILES string of the molecule is Cc1nn(-c2ncccc2CN=O)cc1CN1CCC2(CC1)OCC(F)(F)c1cc(Cl)sc12. The van der Waals surface area contributed by atoms with Gasteiger partial charge in [-0.05, 0) is 31.9 Å². The van der Waals surface area contributed by atoms with Crippen LogP contribution < -0.4 is 0 Å². The molecule has 0 N–H and O–H groups in total. The minimum Gasteiger partial charge on any atom is -0.363 e. The van der Waals surface area contributed by atoms with E-state index in [1.165, 1.54) is 17.4 Å². The molecule has 11 heteroatoms. The van der Waals surface area contributed by atoms with Crippen LogP contribution in [-0.2, 0) is 29.3 Å². The molecule has 0 bridgehead atoms. The first-order valence-corrected chi connectivity index (χ1v) is 11.8. The summed E-state index contributed by atoms with van der Waals surface area (Å²) in [4.78, 5) is 18.0. The molecular formula is C22H22ClF2N5O2S. The quantitative estimate of drug-likeness (QED) is 0.458. The second kappa shape index (κ2) is 8.50. The molecule has 0 unspecified atom stereocenters. The van der Waals surface area contributed by atoms with Crippen molar-refractivity contribution >= 4 is 22.9 Å². The molecule has 2 aliphatic rings. The molecule has 0 saturated carbocycles. The predicted molar refractivity (Wildman–Crippen MR) is 121 cm³/mol. The number of thiophene rings is 1. The highest BCUT2D eigenvalue weighted by Crippen LogP contribution is 2.52. The molecule has 0 atom stereocenters. The average Bonchev–Trinajstić information content (AvgIpc) is 3.37. The Hall–Kier alpha value is -2.27. The molecule has 3 aromatic heterocycles. The summed E-state index contributed by atoms with van der Waals surface area (Å²) in [6, 6.07) is 4.96. The summed E-state index contributed by atoms with van der Waals surface area (Å²) in [5.74, 6) is -2.42. The van der Waals surface area contributed by atoms with Crippen molar-refractivity contribution in [1.29, 1.82) is 0 Å². The van der Waals surface area contributed by atoms with Crippen LogP contribution in [0.25, 0.3) is 5.82 Å². The molecule has 5 heterocycles. The molecule has 2 aliphatic heterocycles. The van der Waals surface area contributed by atoms with E-state index in [0.29, 0.717) is 53.1 Å². The normalized spacial score (nSPS) is 19.5. The number of pyridine rings is 1. The standard InChI is InChI=1S/C22H22ClF2N5O2S/c1-14-16(12-30(28-14)20-15(10-27-31)3-2-6-26-20)11-29-7-4-21(5-8-29)19-17(9-18(23)33-19)22(24,25)13-32-21/h2-3,6,9,12H,4-5,7-8,10-11,13H2,1H3. The molecule has 0 aliphatic carbocycles. The number of aryl methyl sites for hydroxylation is 1. The molecule has 1 fully saturated rings. The minimum atomic E-state index is -3.00. The maximum atomic E-state index is 14.4. The number of nitrogens with zero attached hydrogens (tertiary/aromatic N) is 5. The Balaban J connectivity index is 1.32. The molecule has 33 heavy (non-hydrogen) atoms. The van der Waals surface area contributed by atoms with Crippen LogP contribution in [0.3, 0.4) is 0 Å². The van der Waals surface area contributed by atoms with Crippen molar-refractivity contribution in [3.63, 3.8) is 0 Å². The number of hydrogen-bond acceptors (Lipinski definition) is 7. The molecule has 0 aromatic carbocycles. The number of likely N-dealkylation sites (tertiary alicyclic amines) is 1. The van der Waals surface area contributed by atoms with Gasteiger partial charge in [0.25, 0.3) is 5.92 Å². The van der Waals surface area contributed by atoms with E-state index in [9.17, 15) is 13.7 Å². The molecule has 0 amide bonds. The Morgan fingerprint density at radius 3 is 2.85 bits per heavy atom. The monoisotopic (exact) mass is 493 g/mol. The highest BCUT2D eigenvalue weighted by molar-refractivity contribution is 7.16. The van der Waals surface area contributed by atoms with Gasteiger partial charge in [0.2, 0.25) is 0 Å². The second-order valence-corrected chi connectivity index (χ2v) is 10.2.